The van der Waals surface area contributed by atoms with Crippen molar-refractivity contribution in [3.8, 4) is 0 Å². The van der Waals surface area contributed by atoms with Gasteiger partial charge in [0.1, 0.15) is 5.54 Å². The summed E-state index contributed by atoms with van der Waals surface area (Å²) in [5, 5.41) is 14.2. The van der Waals surface area contributed by atoms with Crippen LogP contribution in [0.15, 0.2) is 30.5 Å². The molecule has 1 heterocycles. The Balaban J connectivity index is 1.50. The van der Waals surface area contributed by atoms with E-state index in [0.29, 0.717) is 11.8 Å². The minimum atomic E-state index is -1.33. The number of rotatable bonds is 9. The predicted octanol–water partition coefficient (Wildman–Crippen LogP) is 6.23. The molecule has 2 aliphatic rings. The minimum Gasteiger partial charge on any atom is -0.480 e. The van der Waals surface area contributed by atoms with Gasteiger partial charge in [0.15, 0.2) is 0 Å². The number of benzene rings is 1. The van der Waals surface area contributed by atoms with Crippen molar-refractivity contribution in [1.82, 2.24) is 10.3 Å². The minimum absolute atomic E-state index is 0.0594. The number of carbonyl (C=O) groups is 2. The molecule has 0 saturated heterocycles. The van der Waals surface area contributed by atoms with E-state index in [1.807, 2.05) is 30.5 Å². The van der Waals surface area contributed by atoms with Crippen LogP contribution in [0, 0.1) is 17.8 Å². The van der Waals surface area contributed by atoms with E-state index in [0.717, 1.165) is 29.3 Å². The molecule has 2 saturated carbocycles. The number of carbonyl (C=O) groups excluding carboxylic acids is 1. The Morgan fingerprint density at radius 2 is 1.58 bits per heavy atom. The first-order valence-corrected chi connectivity index (χ1v) is 13.0. The van der Waals surface area contributed by atoms with E-state index in [4.69, 9.17) is 0 Å². The summed E-state index contributed by atoms with van der Waals surface area (Å²) in [4.78, 5) is 29.2. The third kappa shape index (κ3) is 5.99. The van der Waals surface area contributed by atoms with Gasteiger partial charge in [-0.25, -0.2) is 4.79 Å². The fourth-order valence-electron chi connectivity index (χ4n) is 6.17. The van der Waals surface area contributed by atoms with Crippen molar-refractivity contribution < 1.29 is 14.7 Å². The summed E-state index contributed by atoms with van der Waals surface area (Å²) in [6.45, 7) is 1.66. The number of H-pyrrole nitrogens is 1. The van der Waals surface area contributed by atoms with Crippen molar-refractivity contribution in [1.29, 1.82) is 0 Å². The Hall–Kier alpha value is -2.30. The van der Waals surface area contributed by atoms with Crippen LogP contribution in [-0.2, 0) is 16.0 Å². The van der Waals surface area contributed by atoms with Crippen molar-refractivity contribution in [3.05, 3.63) is 36.0 Å². The van der Waals surface area contributed by atoms with E-state index in [-0.39, 0.29) is 18.2 Å². The van der Waals surface area contributed by atoms with Gasteiger partial charge in [0.25, 0.3) is 0 Å². The van der Waals surface area contributed by atoms with Crippen molar-refractivity contribution in [2.75, 3.05) is 0 Å². The summed E-state index contributed by atoms with van der Waals surface area (Å²) in [6.07, 6.45) is 16.4. The third-order valence-corrected chi connectivity index (χ3v) is 8.15. The second-order valence-electron chi connectivity index (χ2n) is 10.8. The molecule has 3 N–H and O–H groups in total. The van der Waals surface area contributed by atoms with E-state index >= 15 is 0 Å². The highest BCUT2D eigenvalue weighted by atomic mass is 16.4. The molecule has 1 amide bonds. The molecule has 5 heteroatoms. The molecule has 1 aromatic heterocycles. The van der Waals surface area contributed by atoms with Crippen LogP contribution in [0.1, 0.15) is 89.5 Å². The number of nitrogens with one attached hydrogen (secondary N) is 2. The standard InChI is InChI=1S/C28H40N2O3/c1-28(27(32)33,18-23-19-29-25-15-9-8-14-24(23)25)30-26(31)22(16-20-10-4-2-5-11-20)17-21-12-6-3-7-13-21/h8-9,14-15,19-22,29H,2-7,10-13,16-18H2,1H3,(H,30,31)(H,32,33). The zero-order valence-corrected chi connectivity index (χ0v) is 20.1. The van der Waals surface area contributed by atoms with Crippen molar-refractivity contribution in [3.63, 3.8) is 0 Å². The molecule has 5 nitrogen and oxygen atoms in total. The molecule has 1 unspecified atom stereocenters. The summed E-state index contributed by atoms with van der Waals surface area (Å²) < 4.78 is 0. The average molecular weight is 453 g/mol. The quantitative estimate of drug-likeness (QED) is 0.422. The molecule has 0 aliphatic heterocycles. The first kappa shape index (κ1) is 23.8. The van der Waals surface area contributed by atoms with E-state index in [1.165, 1.54) is 64.2 Å². The second kappa shape index (κ2) is 10.8. The van der Waals surface area contributed by atoms with Crippen LogP contribution in [0.2, 0.25) is 0 Å². The smallest absolute Gasteiger partial charge is 0.329 e. The zero-order chi connectivity index (χ0) is 23.3. The largest absolute Gasteiger partial charge is 0.480 e. The van der Waals surface area contributed by atoms with Gasteiger partial charge in [-0.1, -0.05) is 82.4 Å². The van der Waals surface area contributed by atoms with E-state index < -0.39 is 11.5 Å². The lowest BCUT2D eigenvalue weighted by Gasteiger charge is -2.33. The molecule has 2 aromatic rings. The molecule has 1 aromatic carbocycles. The van der Waals surface area contributed by atoms with Crippen molar-refractivity contribution in [2.24, 2.45) is 17.8 Å². The second-order valence-corrected chi connectivity index (χ2v) is 10.8. The van der Waals surface area contributed by atoms with Crippen LogP contribution in [0.25, 0.3) is 10.9 Å². The third-order valence-electron chi connectivity index (χ3n) is 8.15. The Bertz CT molecular complexity index is 920. The maximum atomic E-state index is 13.6. The van der Waals surface area contributed by atoms with Gasteiger partial charge in [0, 0.05) is 29.4 Å². The predicted molar refractivity (Wildman–Crippen MR) is 132 cm³/mol. The molecular weight excluding hydrogens is 412 g/mol. The van der Waals surface area contributed by atoms with Gasteiger partial charge in [-0.15, -0.1) is 0 Å². The van der Waals surface area contributed by atoms with Gasteiger partial charge < -0.3 is 15.4 Å². The monoisotopic (exact) mass is 452 g/mol. The number of aliphatic carboxylic acids is 1. The summed E-state index contributed by atoms with van der Waals surface area (Å²) in [6, 6.07) is 7.91. The number of para-hydroxylation sites is 1. The Morgan fingerprint density at radius 3 is 2.15 bits per heavy atom. The Kier molecular flexibility index (Phi) is 7.77. The lowest BCUT2D eigenvalue weighted by Crippen LogP contribution is -2.55. The van der Waals surface area contributed by atoms with Gasteiger partial charge in [0.05, 0.1) is 0 Å². The Morgan fingerprint density at radius 1 is 1.00 bits per heavy atom. The van der Waals surface area contributed by atoms with E-state index in [1.54, 1.807) is 6.92 Å². The number of carboxylic acid groups (broad SMARTS) is 1. The highest BCUT2D eigenvalue weighted by molar-refractivity contribution is 5.89. The number of hydrogen-bond donors (Lipinski definition) is 3. The molecule has 180 valence electrons. The highest BCUT2D eigenvalue weighted by Gasteiger charge is 2.38. The van der Waals surface area contributed by atoms with Gasteiger partial charge in [-0.05, 0) is 43.2 Å². The summed E-state index contributed by atoms with van der Waals surface area (Å²) in [7, 11) is 0. The number of amides is 1. The van der Waals surface area contributed by atoms with Crippen LogP contribution in [0.3, 0.4) is 0 Å². The molecule has 0 radical (unpaired) electrons. The van der Waals surface area contributed by atoms with E-state index in [2.05, 4.69) is 10.3 Å². The summed E-state index contributed by atoms with van der Waals surface area (Å²) in [5.41, 5.74) is 0.574. The highest BCUT2D eigenvalue weighted by Crippen LogP contribution is 2.35. The van der Waals surface area contributed by atoms with Crippen LogP contribution in [-0.4, -0.2) is 27.5 Å². The lowest BCUT2D eigenvalue weighted by atomic mass is 9.76. The summed E-state index contributed by atoms with van der Waals surface area (Å²) >= 11 is 0. The molecule has 4 rings (SSSR count). The topological polar surface area (TPSA) is 82.2 Å². The van der Waals surface area contributed by atoms with Crippen LogP contribution in [0.4, 0.5) is 0 Å². The van der Waals surface area contributed by atoms with Crippen LogP contribution < -0.4 is 5.32 Å². The maximum absolute atomic E-state index is 13.6. The zero-order valence-electron chi connectivity index (χ0n) is 20.1. The molecule has 2 fully saturated rings. The number of fused-ring (bicyclic) bond motifs is 1. The van der Waals surface area contributed by atoms with Crippen molar-refractivity contribution >= 4 is 22.8 Å². The molecular formula is C28H40N2O3. The maximum Gasteiger partial charge on any atom is 0.329 e. The first-order chi connectivity index (χ1) is 15.9. The number of hydrogen-bond acceptors (Lipinski definition) is 2. The average Bonchev–Trinajstić information content (AvgIpc) is 3.22. The normalized spacial score (nSPS) is 20.1. The van der Waals surface area contributed by atoms with Crippen LogP contribution in [0.5, 0.6) is 0 Å². The number of aromatic amines is 1. The number of carboxylic acids is 1. The van der Waals surface area contributed by atoms with Gasteiger partial charge in [-0.2, -0.15) is 0 Å². The fourth-order valence-corrected chi connectivity index (χ4v) is 6.17. The van der Waals surface area contributed by atoms with Crippen LogP contribution >= 0.6 is 0 Å². The Labute approximate surface area is 197 Å². The molecule has 0 bridgehead atoms. The van der Waals surface area contributed by atoms with Crippen molar-refractivity contribution in [2.45, 2.75) is 95.9 Å². The molecule has 2 aliphatic carbocycles. The van der Waals surface area contributed by atoms with Gasteiger partial charge in [-0.3, -0.25) is 4.79 Å². The fraction of sp³-hybridized carbons (Fsp3) is 0.643. The van der Waals surface area contributed by atoms with Gasteiger partial charge in [0.2, 0.25) is 5.91 Å². The molecule has 1 atom stereocenters. The molecule has 33 heavy (non-hydrogen) atoms. The number of aromatic nitrogens is 1. The van der Waals surface area contributed by atoms with E-state index in [9.17, 15) is 14.7 Å². The first-order valence-electron chi connectivity index (χ1n) is 13.0. The lowest BCUT2D eigenvalue weighted by molar-refractivity contribution is -0.147. The summed E-state index contributed by atoms with van der Waals surface area (Å²) in [5.74, 6) is 0.0783. The molecule has 0 spiro atoms. The van der Waals surface area contributed by atoms with Gasteiger partial charge >= 0.3 is 5.97 Å². The SMILES string of the molecule is CC(Cc1c[nH]c2ccccc12)(NC(=O)C(CC1CCCCC1)CC1CCCCC1)C(=O)O.